The molecule has 0 spiro atoms. The van der Waals surface area contributed by atoms with Gasteiger partial charge in [0, 0.05) is 31.2 Å². The van der Waals surface area contributed by atoms with Gasteiger partial charge in [0.25, 0.3) is 0 Å². The number of likely N-dealkylation sites (N-methyl/N-ethyl adjacent to an activating group) is 1. The minimum Gasteiger partial charge on any atom is -0.328 e. The summed E-state index contributed by atoms with van der Waals surface area (Å²) in [5.74, 6) is 0. The Morgan fingerprint density at radius 2 is 1.69 bits per heavy atom. The number of nitrogens with one attached hydrogen (secondary N) is 1. The minimum atomic E-state index is 0.476. The summed E-state index contributed by atoms with van der Waals surface area (Å²) in [4.78, 5) is 2.56. The summed E-state index contributed by atoms with van der Waals surface area (Å²) in [5.41, 5.74) is 5.89. The van der Waals surface area contributed by atoms with Crippen LogP contribution in [0.2, 0.25) is 0 Å². The summed E-state index contributed by atoms with van der Waals surface area (Å²) < 4.78 is 0. The molecule has 1 saturated carbocycles. The van der Waals surface area contributed by atoms with E-state index in [4.69, 9.17) is 5.73 Å². The van der Waals surface area contributed by atoms with Crippen molar-refractivity contribution >= 4 is 0 Å². The zero-order valence-electron chi connectivity index (χ0n) is 8.50. The molecule has 3 nitrogen and oxygen atoms in total. The molecule has 1 heterocycles. The van der Waals surface area contributed by atoms with Gasteiger partial charge in [0.05, 0.1) is 0 Å². The lowest BCUT2D eigenvalue weighted by atomic mass is 9.90. The van der Waals surface area contributed by atoms with E-state index in [2.05, 4.69) is 17.3 Å². The Balaban J connectivity index is 1.79. The van der Waals surface area contributed by atoms with Gasteiger partial charge in [-0.3, -0.25) is 4.90 Å². The summed E-state index contributed by atoms with van der Waals surface area (Å²) in [6.07, 6.45) is 5.03. The predicted molar refractivity (Wildman–Crippen MR) is 54.7 cm³/mol. The molecule has 0 unspecified atom stereocenters. The Labute approximate surface area is 80.7 Å². The van der Waals surface area contributed by atoms with Gasteiger partial charge in [-0.2, -0.15) is 0 Å². The molecule has 0 radical (unpaired) electrons. The molecule has 0 aromatic carbocycles. The summed E-state index contributed by atoms with van der Waals surface area (Å²) in [5, 5.41) is 3.32. The first-order valence-electron chi connectivity index (χ1n) is 5.45. The standard InChI is InChI=1S/C10H21N3/c1-13(10-6-12-7-10)9-4-2-8(11)3-5-9/h8-10,12H,2-7,11H2,1H3. The highest BCUT2D eigenvalue weighted by molar-refractivity contribution is 4.89. The molecule has 0 aromatic heterocycles. The lowest BCUT2D eigenvalue weighted by Gasteiger charge is -2.42. The summed E-state index contributed by atoms with van der Waals surface area (Å²) in [6.45, 7) is 2.36. The van der Waals surface area contributed by atoms with E-state index < -0.39 is 0 Å². The molecule has 76 valence electrons. The Bertz CT molecular complexity index is 160. The van der Waals surface area contributed by atoms with E-state index in [9.17, 15) is 0 Å². The average Bonchev–Trinajstić information content (AvgIpc) is 2.02. The van der Waals surface area contributed by atoms with Crippen molar-refractivity contribution in [3.8, 4) is 0 Å². The molecule has 2 rings (SSSR count). The molecule has 2 aliphatic rings. The number of nitrogens with two attached hydrogens (primary N) is 1. The van der Waals surface area contributed by atoms with Crippen LogP contribution in [0, 0.1) is 0 Å². The maximum absolute atomic E-state index is 5.89. The van der Waals surface area contributed by atoms with Crippen molar-refractivity contribution in [2.45, 2.75) is 43.8 Å². The molecule has 0 atom stereocenters. The lowest BCUT2D eigenvalue weighted by Crippen LogP contribution is -2.59. The maximum atomic E-state index is 5.89. The first-order chi connectivity index (χ1) is 6.27. The maximum Gasteiger partial charge on any atom is 0.0345 e. The van der Waals surface area contributed by atoms with Crippen LogP contribution < -0.4 is 11.1 Å². The second-order valence-corrected chi connectivity index (χ2v) is 4.55. The van der Waals surface area contributed by atoms with Crippen LogP contribution in [0.3, 0.4) is 0 Å². The highest BCUT2D eigenvalue weighted by atomic mass is 15.2. The monoisotopic (exact) mass is 183 g/mol. The second kappa shape index (κ2) is 3.95. The zero-order chi connectivity index (χ0) is 9.26. The van der Waals surface area contributed by atoms with Crippen molar-refractivity contribution in [2.75, 3.05) is 20.1 Å². The van der Waals surface area contributed by atoms with Crippen LogP contribution in [-0.4, -0.2) is 43.2 Å². The van der Waals surface area contributed by atoms with Crippen molar-refractivity contribution in [2.24, 2.45) is 5.73 Å². The zero-order valence-corrected chi connectivity index (χ0v) is 8.50. The normalized spacial score (nSPS) is 36.2. The molecule has 2 fully saturated rings. The van der Waals surface area contributed by atoms with Gasteiger partial charge in [0.2, 0.25) is 0 Å². The van der Waals surface area contributed by atoms with Gasteiger partial charge >= 0.3 is 0 Å². The summed E-state index contributed by atoms with van der Waals surface area (Å²) in [6, 6.07) is 2.07. The third-order valence-corrected chi connectivity index (χ3v) is 3.65. The molecule has 0 aromatic rings. The molecule has 13 heavy (non-hydrogen) atoms. The quantitative estimate of drug-likeness (QED) is 0.641. The number of rotatable bonds is 2. The van der Waals surface area contributed by atoms with E-state index >= 15 is 0 Å². The van der Waals surface area contributed by atoms with Crippen LogP contribution in [-0.2, 0) is 0 Å². The van der Waals surface area contributed by atoms with E-state index in [1.165, 1.54) is 38.8 Å². The molecule has 3 N–H and O–H groups in total. The van der Waals surface area contributed by atoms with Crippen LogP contribution in [0.25, 0.3) is 0 Å². The van der Waals surface area contributed by atoms with Gasteiger partial charge < -0.3 is 11.1 Å². The van der Waals surface area contributed by atoms with Gasteiger partial charge in [-0.05, 0) is 32.7 Å². The van der Waals surface area contributed by atoms with Crippen LogP contribution in [0.1, 0.15) is 25.7 Å². The number of hydrogen-bond donors (Lipinski definition) is 2. The SMILES string of the molecule is CN(C1CCC(N)CC1)C1CNC1. The molecular formula is C10H21N3. The minimum absolute atomic E-state index is 0.476. The summed E-state index contributed by atoms with van der Waals surface area (Å²) in [7, 11) is 2.27. The van der Waals surface area contributed by atoms with Gasteiger partial charge in [-0.25, -0.2) is 0 Å². The van der Waals surface area contributed by atoms with E-state index in [0.29, 0.717) is 6.04 Å². The topological polar surface area (TPSA) is 41.3 Å². The first kappa shape index (κ1) is 9.44. The van der Waals surface area contributed by atoms with Crippen molar-refractivity contribution < 1.29 is 0 Å². The molecule has 1 saturated heterocycles. The van der Waals surface area contributed by atoms with Crippen LogP contribution in [0.5, 0.6) is 0 Å². The van der Waals surface area contributed by atoms with E-state index in [1.54, 1.807) is 0 Å². The Kier molecular flexibility index (Phi) is 2.86. The first-order valence-corrected chi connectivity index (χ1v) is 5.45. The van der Waals surface area contributed by atoms with Crippen molar-refractivity contribution in [3.63, 3.8) is 0 Å². The van der Waals surface area contributed by atoms with Crippen LogP contribution >= 0.6 is 0 Å². The predicted octanol–water partition coefficient (Wildman–Crippen LogP) is 0.160. The van der Waals surface area contributed by atoms with E-state index in [1.807, 2.05) is 0 Å². The molecule has 0 amide bonds. The smallest absolute Gasteiger partial charge is 0.0345 e. The van der Waals surface area contributed by atoms with Gasteiger partial charge in [-0.15, -0.1) is 0 Å². The molecule has 3 heteroatoms. The number of nitrogens with zero attached hydrogens (tertiary/aromatic N) is 1. The van der Waals surface area contributed by atoms with Gasteiger partial charge in [-0.1, -0.05) is 0 Å². The summed E-state index contributed by atoms with van der Waals surface area (Å²) >= 11 is 0. The number of hydrogen-bond acceptors (Lipinski definition) is 3. The molecule has 0 bridgehead atoms. The van der Waals surface area contributed by atoms with Gasteiger partial charge in [0.1, 0.15) is 0 Å². The second-order valence-electron chi connectivity index (χ2n) is 4.55. The Morgan fingerprint density at radius 3 is 2.15 bits per heavy atom. The third kappa shape index (κ3) is 2.03. The lowest BCUT2D eigenvalue weighted by molar-refractivity contribution is 0.0987. The largest absolute Gasteiger partial charge is 0.328 e. The fourth-order valence-corrected chi connectivity index (χ4v) is 2.37. The van der Waals surface area contributed by atoms with Crippen LogP contribution in [0.15, 0.2) is 0 Å². The highest BCUT2D eigenvalue weighted by Crippen LogP contribution is 2.23. The molecule has 1 aliphatic carbocycles. The molecular weight excluding hydrogens is 162 g/mol. The van der Waals surface area contributed by atoms with Crippen LogP contribution in [0.4, 0.5) is 0 Å². The average molecular weight is 183 g/mol. The van der Waals surface area contributed by atoms with Crippen molar-refractivity contribution in [1.82, 2.24) is 10.2 Å². The Morgan fingerprint density at radius 1 is 1.08 bits per heavy atom. The van der Waals surface area contributed by atoms with E-state index in [-0.39, 0.29) is 0 Å². The molecule has 1 aliphatic heterocycles. The van der Waals surface area contributed by atoms with Crippen molar-refractivity contribution in [1.29, 1.82) is 0 Å². The Hall–Kier alpha value is -0.120. The van der Waals surface area contributed by atoms with E-state index in [0.717, 1.165) is 12.1 Å². The fraction of sp³-hybridized carbons (Fsp3) is 1.00. The van der Waals surface area contributed by atoms with Crippen molar-refractivity contribution in [3.05, 3.63) is 0 Å². The third-order valence-electron chi connectivity index (χ3n) is 3.65. The van der Waals surface area contributed by atoms with Gasteiger partial charge in [0.15, 0.2) is 0 Å². The highest BCUT2D eigenvalue weighted by Gasteiger charge is 2.29. The fourth-order valence-electron chi connectivity index (χ4n) is 2.37.